The lowest BCUT2D eigenvalue weighted by Crippen LogP contribution is -2.51. The van der Waals surface area contributed by atoms with E-state index in [1.165, 1.54) is 4.88 Å². The molecule has 0 bridgehead atoms. The van der Waals surface area contributed by atoms with Gasteiger partial charge in [0, 0.05) is 11.1 Å². The normalized spacial score (nSPS) is 25.1. The molecule has 1 amide bonds. The number of hydrogen-bond acceptors (Lipinski definition) is 4. The zero-order valence-electron chi connectivity index (χ0n) is 11.2. The SMILES string of the molecule is CCc1cnc(C(C)NC(=O)C2(C)CCCN2)s1. The van der Waals surface area contributed by atoms with E-state index < -0.39 is 5.54 Å². The van der Waals surface area contributed by atoms with Crippen molar-refractivity contribution < 1.29 is 4.79 Å². The maximum absolute atomic E-state index is 12.2. The highest BCUT2D eigenvalue weighted by atomic mass is 32.1. The fourth-order valence-electron chi connectivity index (χ4n) is 2.19. The summed E-state index contributed by atoms with van der Waals surface area (Å²) in [7, 11) is 0. The minimum atomic E-state index is -0.404. The van der Waals surface area contributed by atoms with Crippen LogP contribution in [0, 0.1) is 0 Å². The monoisotopic (exact) mass is 267 g/mol. The van der Waals surface area contributed by atoms with Crippen LogP contribution in [0.3, 0.4) is 0 Å². The highest BCUT2D eigenvalue weighted by Crippen LogP contribution is 2.23. The summed E-state index contributed by atoms with van der Waals surface area (Å²) in [5, 5.41) is 7.33. The molecule has 0 aromatic carbocycles. The summed E-state index contributed by atoms with van der Waals surface area (Å²) in [6, 6.07) is -0.0120. The van der Waals surface area contributed by atoms with Crippen molar-refractivity contribution in [1.82, 2.24) is 15.6 Å². The summed E-state index contributed by atoms with van der Waals surface area (Å²) >= 11 is 1.68. The first kappa shape index (κ1) is 13.5. The molecule has 2 atom stereocenters. The molecule has 1 aliphatic heterocycles. The van der Waals surface area contributed by atoms with Crippen LogP contribution in [0.15, 0.2) is 6.20 Å². The first-order valence-electron chi connectivity index (χ1n) is 6.56. The van der Waals surface area contributed by atoms with Gasteiger partial charge in [-0.3, -0.25) is 4.79 Å². The second kappa shape index (κ2) is 5.36. The fraction of sp³-hybridized carbons (Fsp3) is 0.692. The highest BCUT2D eigenvalue weighted by Gasteiger charge is 2.36. The summed E-state index contributed by atoms with van der Waals surface area (Å²) < 4.78 is 0. The van der Waals surface area contributed by atoms with Gasteiger partial charge < -0.3 is 10.6 Å². The van der Waals surface area contributed by atoms with Gasteiger partial charge >= 0.3 is 0 Å². The molecule has 2 heterocycles. The molecule has 1 saturated heterocycles. The van der Waals surface area contributed by atoms with Crippen LogP contribution in [-0.2, 0) is 11.2 Å². The summed E-state index contributed by atoms with van der Waals surface area (Å²) in [6.07, 6.45) is 4.87. The number of rotatable bonds is 4. The minimum absolute atomic E-state index is 0.0120. The quantitative estimate of drug-likeness (QED) is 0.877. The molecule has 0 saturated carbocycles. The van der Waals surface area contributed by atoms with Gasteiger partial charge in [0.1, 0.15) is 5.01 Å². The van der Waals surface area contributed by atoms with Gasteiger partial charge in [-0.05, 0) is 39.7 Å². The van der Waals surface area contributed by atoms with E-state index in [2.05, 4.69) is 22.5 Å². The Bertz CT molecular complexity index is 424. The van der Waals surface area contributed by atoms with Crippen LogP contribution in [0.5, 0.6) is 0 Å². The van der Waals surface area contributed by atoms with E-state index in [0.717, 1.165) is 30.8 Å². The Kier molecular flexibility index (Phi) is 4.02. The number of nitrogens with one attached hydrogen (secondary N) is 2. The van der Waals surface area contributed by atoms with Crippen LogP contribution in [0.1, 0.15) is 49.5 Å². The number of nitrogens with zero attached hydrogens (tertiary/aromatic N) is 1. The Morgan fingerprint density at radius 2 is 2.50 bits per heavy atom. The van der Waals surface area contributed by atoms with Crippen molar-refractivity contribution in [2.45, 2.75) is 51.6 Å². The van der Waals surface area contributed by atoms with Gasteiger partial charge in [-0.1, -0.05) is 6.92 Å². The molecule has 0 radical (unpaired) electrons. The van der Waals surface area contributed by atoms with Gasteiger partial charge in [-0.25, -0.2) is 4.98 Å². The largest absolute Gasteiger partial charge is 0.346 e. The molecule has 0 spiro atoms. The zero-order chi connectivity index (χ0) is 13.2. The van der Waals surface area contributed by atoms with Gasteiger partial charge in [-0.2, -0.15) is 0 Å². The third-order valence-corrected chi connectivity index (χ3v) is 4.83. The summed E-state index contributed by atoms with van der Waals surface area (Å²) in [6.45, 7) is 7.01. The molecule has 18 heavy (non-hydrogen) atoms. The van der Waals surface area contributed by atoms with Crippen LogP contribution >= 0.6 is 11.3 Å². The maximum atomic E-state index is 12.2. The van der Waals surface area contributed by atoms with Gasteiger partial charge in [-0.15, -0.1) is 11.3 Å². The van der Waals surface area contributed by atoms with Crippen molar-refractivity contribution in [3.8, 4) is 0 Å². The Hall–Kier alpha value is -0.940. The summed E-state index contributed by atoms with van der Waals surface area (Å²) in [4.78, 5) is 17.9. The van der Waals surface area contributed by atoms with Crippen LogP contribution in [-0.4, -0.2) is 23.0 Å². The van der Waals surface area contributed by atoms with E-state index in [9.17, 15) is 4.79 Å². The summed E-state index contributed by atoms with van der Waals surface area (Å²) in [5.74, 6) is 0.0840. The molecule has 2 rings (SSSR count). The average molecular weight is 267 g/mol. The van der Waals surface area contributed by atoms with E-state index in [-0.39, 0.29) is 11.9 Å². The first-order valence-corrected chi connectivity index (χ1v) is 7.37. The Morgan fingerprint density at radius 3 is 3.06 bits per heavy atom. The Balaban J connectivity index is 1.98. The molecule has 2 N–H and O–H groups in total. The first-order chi connectivity index (χ1) is 8.55. The highest BCUT2D eigenvalue weighted by molar-refractivity contribution is 7.11. The average Bonchev–Trinajstić information content (AvgIpc) is 2.98. The third kappa shape index (κ3) is 2.72. The van der Waals surface area contributed by atoms with Crippen molar-refractivity contribution in [3.63, 3.8) is 0 Å². The molecule has 1 aromatic rings. The molecule has 2 unspecified atom stereocenters. The number of aryl methyl sites for hydroxylation is 1. The van der Waals surface area contributed by atoms with Crippen molar-refractivity contribution >= 4 is 17.2 Å². The lowest BCUT2D eigenvalue weighted by Gasteiger charge is -2.25. The second-order valence-corrected chi connectivity index (χ2v) is 6.22. The van der Waals surface area contributed by atoms with Gasteiger partial charge in [0.25, 0.3) is 0 Å². The van der Waals surface area contributed by atoms with Crippen LogP contribution in [0.25, 0.3) is 0 Å². The molecular formula is C13H21N3OS. The number of hydrogen-bond donors (Lipinski definition) is 2. The Labute approximate surface area is 112 Å². The topological polar surface area (TPSA) is 54.0 Å². The van der Waals surface area contributed by atoms with E-state index in [0.29, 0.717) is 0 Å². The summed E-state index contributed by atoms with van der Waals surface area (Å²) in [5.41, 5.74) is -0.404. The van der Waals surface area contributed by atoms with E-state index in [1.807, 2.05) is 20.0 Å². The number of carbonyl (C=O) groups is 1. The van der Waals surface area contributed by atoms with Crippen LogP contribution < -0.4 is 10.6 Å². The minimum Gasteiger partial charge on any atom is -0.346 e. The van der Waals surface area contributed by atoms with Crippen molar-refractivity contribution in [3.05, 3.63) is 16.1 Å². The molecule has 100 valence electrons. The lowest BCUT2D eigenvalue weighted by atomic mass is 9.99. The lowest BCUT2D eigenvalue weighted by molar-refractivity contribution is -0.127. The van der Waals surface area contributed by atoms with Crippen LogP contribution in [0.4, 0.5) is 0 Å². The number of aromatic nitrogens is 1. The number of amides is 1. The van der Waals surface area contributed by atoms with Gasteiger partial charge in [0.15, 0.2) is 0 Å². The number of thiazole rings is 1. The maximum Gasteiger partial charge on any atom is 0.240 e. The smallest absolute Gasteiger partial charge is 0.240 e. The molecule has 1 aromatic heterocycles. The second-order valence-electron chi connectivity index (χ2n) is 5.08. The Morgan fingerprint density at radius 1 is 1.72 bits per heavy atom. The van der Waals surface area contributed by atoms with Crippen molar-refractivity contribution in [1.29, 1.82) is 0 Å². The molecule has 1 fully saturated rings. The predicted molar refractivity (Wildman–Crippen MR) is 73.7 cm³/mol. The van der Waals surface area contributed by atoms with Crippen molar-refractivity contribution in [2.24, 2.45) is 0 Å². The standard InChI is InChI=1S/C13H21N3OS/c1-4-10-8-14-11(18-10)9(2)16-12(17)13(3)6-5-7-15-13/h8-9,15H,4-7H2,1-3H3,(H,16,17). The van der Waals surface area contributed by atoms with E-state index in [1.54, 1.807) is 11.3 Å². The van der Waals surface area contributed by atoms with Crippen molar-refractivity contribution in [2.75, 3.05) is 6.54 Å². The zero-order valence-corrected chi connectivity index (χ0v) is 12.1. The van der Waals surface area contributed by atoms with E-state index >= 15 is 0 Å². The fourth-order valence-corrected chi connectivity index (χ4v) is 3.05. The number of carbonyl (C=O) groups excluding carboxylic acids is 1. The van der Waals surface area contributed by atoms with Gasteiger partial charge in [0.2, 0.25) is 5.91 Å². The van der Waals surface area contributed by atoms with Crippen LogP contribution in [0.2, 0.25) is 0 Å². The van der Waals surface area contributed by atoms with Gasteiger partial charge in [0.05, 0.1) is 11.6 Å². The molecule has 0 aliphatic carbocycles. The molecule has 4 nitrogen and oxygen atoms in total. The molecular weight excluding hydrogens is 246 g/mol. The van der Waals surface area contributed by atoms with E-state index in [4.69, 9.17) is 0 Å². The third-order valence-electron chi connectivity index (χ3n) is 3.51. The molecule has 1 aliphatic rings. The predicted octanol–water partition coefficient (Wildman–Crippen LogP) is 2.02. The molecule has 5 heteroatoms.